The summed E-state index contributed by atoms with van der Waals surface area (Å²) in [6, 6.07) is 0. The molecule has 11 nitrogen and oxygen atoms in total. The van der Waals surface area contributed by atoms with Crippen LogP contribution in [0.3, 0.4) is 0 Å². The second-order valence-electron chi connectivity index (χ2n) is 8.02. The van der Waals surface area contributed by atoms with E-state index < -0.39 is 79.5 Å². The van der Waals surface area contributed by atoms with Gasteiger partial charge in [0.2, 0.25) is 0 Å². The van der Waals surface area contributed by atoms with Crippen molar-refractivity contribution in [2.75, 3.05) is 13.2 Å². The van der Waals surface area contributed by atoms with Crippen molar-refractivity contribution in [3.8, 4) is 0 Å². The standard InChI is InChI=1S/C16H30O11/c1-15(2,3)16(24)13(23)11(22)12(7(5-18)27-16)26-14-10(21)9(20)8(19)6(4-17)25-14/h6-14,17-24H,4-5H2,1-3H3/t6-,7-,8+,9+,10-,11+,12-,13-,14+,16?/m1/s1. The topological polar surface area (TPSA) is 190 Å². The van der Waals surface area contributed by atoms with E-state index in [-0.39, 0.29) is 0 Å². The molecule has 0 aliphatic carbocycles. The lowest BCUT2D eigenvalue weighted by molar-refractivity contribution is -0.404. The Morgan fingerprint density at radius 1 is 0.852 bits per heavy atom. The van der Waals surface area contributed by atoms with Crippen LogP contribution >= 0.6 is 0 Å². The smallest absolute Gasteiger partial charge is 0.200 e. The van der Waals surface area contributed by atoms with Gasteiger partial charge < -0.3 is 55.1 Å². The maximum Gasteiger partial charge on any atom is 0.200 e. The summed E-state index contributed by atoms with van der Waals surface area (Å²) in [5.41, 5.74) is -1.03. The molecule has 2 fully saturated rings. The molecule has 0 spiro atoms. The SMILES string of the molecule is CC(C)(C)C1(O)O[C@H](CO)[C@@H](O[C@@H]2O[C@H](CO)[C@H](O)[C@H](O)[C@H]2O)[C@H](O)[C@H]1O. The monoisotopic (exact) mass is 398 g/mol. The summed E-state index contributed by atoms with van der Waals surface area (Å²) >= 11 is 0. The Kier molecular flexibility index (Phi) is 6.87. The number of hydrogen-bond donors (Lipinski definition) is 8. The molecule has 1 unspecified atom stereocenters. The Bertz CT molecular complexity index is 493. The van der Waals surface area contributed by atoms with Gasteiger partial charge in [-0.25, -0.2) is 0 Å². The molecule has 27 heavy (non-hydrogen) atoms. The molecule has 10 atom stereocenters. The molecule has 0 aromatic heterocycles. The van der Waals surface area contributed by atoms with Gasteiger partial charge in [-0.05, 0) is 0 Å². The van der Waals surface area contributed by atoms with Crippen molar-refractivity contribution in [3.63, 3.8) is 0 Å². The molecular formula is C16H30O11. The zero-order chi connectivity index (χ0) is 20.7. The molecule has 11 heteroatoms. The molecule has 2 aliphatic rings. The van der Waals surface area contributed by atoms with Gasteiger partial charge in [0.05, 0.1) is 13.2 Å². The van der Waals surface area contributed by atoms with Crippen LogP contribution in [0.5, 0.6) is 0 Å². The average molecular weight is 398 g/mol. The summed E-state index contributed by atoms with van der Waals surface area (Å²) < 4.78 is 16.1. The van der Waals surface area contributed by atoms with Gasteiger partial charge in [-0.15, -0.1) is 0 Å². The van der Waals surface area contributed by atoms with Gasteiger partial charge in [-0.2, -0.15) is 0 Å². The lowest BCUT2D eigenvalue weighted by Crippen LogP contribution is -2.71. The van der Waals surface area contributed by atoms with Gasteiger partial charge in [0.1, 0.15) is 48.8 Å². The Balaban J connectivity index is 2.23. The maximum absolute atomic E-state index is 10.7. The van der Waals surface area contributed by atoms with Crippen molar-refractivity contribution >= 4 is 0 Å². The van der Waals surface area contributed by atoms with Crippen molar-refractivity contribution in [1.82, 2.24) is 0 Å². The molecule has 2 rings (SSSR count). The van der Waals surface area contributed by atoms with Gasteiger partial charge in [0.25, 0.3) is 0 Å². The molecule has 2 aliphatic heterocycles. The van der Waals surface area contributed by atoms with Crippen LogP contribution in [-0.4, -0.2) is 115 Å². The van der Waals surface area contributed by atoms with E-state index in [1.165, 1.54) is 0 Å². The van der Waals surface area contributed by atoms with Crippen LogP contribution in [0.25, 0.3) is 0 Å². The molecule has 0 radical (unpaired) electrons. The molecule has 0 bridgehead atoms. The Morgan fingerprint density at radius 3 is 1.89 bits per heavy atom. The van der Waals surface area contributed by atoms with Gasteiger partial charge >= 0.3 is 0 Å². The third-order valence-corrected chi connectivity index (χ3v) is 5.15. The summed E-state index contributed by atoms with van der Waals surface area (Å²) in [6.45, 7) is 3.32. The van der Waals surface area contributed by atoms with Crippen molar-refractivity contribution in [1.29, 1.82) is 0 Å². The Hall–Kier alpha value is -0.440. The minimum atomic E-state index is -2.20. The largest absolute Gasteiger partial charge is 0.394 e. The fourth-order valence-corrected chi connectivity index (χ4v) is 3.26. The molecule has 160 valence electrons. The van der Waals surface area contributed by atoms with E-state index in [2.05, 4.69) is 0 Å². The van der Waals surface area contributed by atoms with Crippen molar-refractivity contribution in [2.24, 2.45) is 5.41 Å². The van der Waals surface area contributed by atoms with Crippen LogP contribution in [0.1, 0.15) is 20.8 Å². The minimum Gasteiger partial charge on any atom is -0.394 e. The molecule has 0 saturated carbocycles. The lowest BCUT2D eigenvalue weighted by Gasteiger charge is -2.53. The predicted octanol–water partition coefficient (Wildman–Crippen LogP) is -3.98. The van der Waals surface area contributed by atoms with Gasteiger partial charge in [-0.1, -0.05) is 20.8 Å². The van der Waals surface area contributed by atoms with Crippen molar-refractivity contribution in [3.05, 3.63) is 0 Å². The van der Waals surface area contributed by atoms with Crippen LogP contribution in [0.4, 0.5) is 0 Å². The van der Waals surface area contributed by atoms with Crippen molar-refractivity contribution in [2.45, 2.75) is 81.7 Å². The third kappa shape index (κ3) is 4.00. The van der Waals surface area contributed by atoms with E-state index in [0.29, 0.717) is 0 Å². The van der Waals surface area contributed by atoms with E-state index in [1.54, 1.807) is 20.8 Å². The molecule has 8 N–H and O–H groups in total. The number of hydrogen-bond acceptors (Lipinski definition) is 11. The number of rotatable bonds is 4. The first-order valence-electron chi connectivity index (χ1n) is 8.72. The van der Waals surface area contributed by atoms with E-state index in [9.17, 15) is 40.9 Å². The summed E-state index contributed by atoms with van der Waals surface area (Å²) in [5.74, 6) is -2.20. The maximum atomic E-state index is 10.7. The van der Waals surface area contributed by atoms with Crippen LogP contribution < -0.4 is 0 Å². The quantitative estimate of drug-likeness (QED) is 0.230. The molecule has 0 aromatic carbocycles. The summed E-state index contributed by atoms with van der Waals surface area (Å²) in [5, 5.41) is 80.1. The van der Waals surface area contributed by atoms with E-state index in [0.717, 1.165) is 0 Å². The molecule has 2 heterocycles. The molecule has 0 amide bonds. The van der Waals surface area contributed by atoms with Gasteiger partial charge in [-0.3, -0.25) is 0 Å². The van der Waals surface area contributed by atoms with Crippen LogP contribution in [0.15, 0.2) is 0 Å². The average Bonchev–Trinajstić information content (AvgIpc) is 2.60. The highest BCUT2D eigenvalue weighted by Gasteiger charge is 2.59. The van der Waals surface area contributed by atoms with E-state index in [1.807, 2.05) is 0 Å². The minimum absolute atomic E-state index is 0.676. The predicted molar refractivity (Wildman–Crippen MR) is 87.0 cm³/mol. The highest BCUT2D eigenvalue weighted by atomic mass is 16.7. The highest BCUT2D eigenvalue weighted by molar-refractivity contribution is 5.02. The second-order valence-corrected chi connectivity index (χ2v) is 8.02. The third-order valence-electron chi connectivity index (χ3n) is 5.15. The molecule has 0 aromatic rings. The summed E-state index contributed by atoms with van der Waals surface area (Å²) in [4.78, 5) is 0. The van der Waals surface area contributed by atoms with Crippen LogP contribution in [-0.2, 0) is 14.2 Å². The second kappa shape index (κ2) is 8.13. The van der Waals surface area contributed by atoms with E-state index >= 15 is 0 Å². The van der Waals surface area contributed by atoms with Crippen molar-refractivity contribution < 1.29 is 55.1 Å². The molecular weight excluding hydrogens is 368 g/mol. The number of aliphatic hydroxyl groups is 8. The lowest BCUT2D eigenvalue weighted by atomic mass is 9.77. The number of ether oxygens (including phenoxy) is 3. The highest BCUT2D eigenvalue weighted by Crippen LogP contribution is 2.42. The van der Waals surface area contributed by atoms with Crippen LogP contribution in [0.2, 0.25) is 0 Å². The summed E-state index contributed by atoms with van der Waals surface area (Å²) in [7, 11) is 0. The zero-order valence-corrected chi connectivity index (χ0v) is 15.4. The Morgan fingerprint density at radius 2 is 1.41 bits per heavy atom. The Labute approximate surface area is 156 Å². The van der Waals surface area contributed by atoms with Gasteiger partial charge in [0, 0.05) is 5.41 Å². The fraction of sp³-hybridized carbons (Fsp3) is 1.00. The first-order chi connectivity index (χ1) is 12.4. The fourth-order valence-electron chi connectivity index (χ4n) is 3.26. The van der Waals surface area contributed by atoms with Crippen LogP contribution in [0, 0.1) is 5.41 Å². The zero-order valence-electron chi connectivity index (χ0n) is 15.4. The number of aliphatic hydroxyl groups excluding tert-OH is 7. The van der Waals surface area contributed by atoms with Gasteiger partial charge in [0.15, 0.2) is 12.1 Å². The van der Waals surface area contributed by atoms with E-state index in [4.69, 9.17) is 14.2 Å². The first kappa shape index (κ1) is 22.8. The molecule has 2 saturated heterocycles. The normalized spacial score (nSPS) is 49.2. The summed E-state index contributed by atoms with van der Waals surface area (Å²) in [6.07, 6.45) is -14.2. The first-order valence-corrected chi connectivity index (χ1v) is 8.72.